The first-order valence-electron chi connectivity index (χ1n) is 6.99. The molecule has 0 atom stereocenters. The van der Waals surface area contributed by atoms with Crippen LogP contribution in [0, 0.1) is 0 Å². The Labute approximate surface area is 120 Å². The summed E-state index contributed by atoms with van der Waals surface area (Å²) in [5.41, 5.74) is 0. The molecule has 0 saturated carbocycles. The van der Waals surface area contributed by atoms with Crippen LogP contribution in [0.3, 0.4) is 0 Å². The van der Waals surface area contributed by atoms with E-state index in [0.29, 0.717) is 65.8 Å². The van der Waals surface area contributed by atoms with Gasteiger partial charge in [0, 0.05) is 13.0 Å². The first-order chi connectivity index (χ1) is 9.81. The molecule has 7 heteroatoms. The predicted molar refractivity (Wildman–Crippen MR) is 73.7 cm³/mol. The van der Waals surface area contributed by atoms with E-state index in [0.717, 1.165) is 0 Å². The molecule has 0 aliphatic carbocycles. The Kier molecular flexibility index (Phi) is 15.7. The second-order valence-electron chi connectivity index (χ2n) is 3.88. The van der Waals surface area contributed by atoms with Crippen LogP contribution in [0.25, 0.3) is 0 Å². The van der Waals surface area contributed by atoms with Gasteiger partial charge in [-0.2, -0.15) is 0 Å². The van der Waals surface area contributed by atoms with Crippen LogP contribution in [0.2, 0.25) is 0 Å². The molecule has 0 spiro atoms. The van der Waals surface area contributed by atoms with Gasteiger partial charge in [0.1, 0.15) is 0 Å². The number of nitrogens with one attached hydrogen (secondary N) is 1. The quantitative estimate of drug-likeness (QED) is 0.399. The van der Waals surface area contributed by atoms with Crippen molar-refractivity contribution in [1.82, 2.24) is 5.32 Å². The van der Waals surface area contributed by atoms with Gasteiger partial charge >= 0.3 is 0 Å². The van der Waals surface area contributed by atoms with E-state index in [1.165, 1.54) is 0 Å². The molecule has 0 fully saturated rings. The van der Waals surface area contributed by atoms with Gasteiger partial charge < -0.3 is 29.4 Å². The maximum Gasteiger partial charge on any atom is 0.222 e. The Morgan fingerprint density at radius 2 is 1.30 bits per heavy atom. The van der Waals surface area contributed by atoms with E-state index in [4.69, 9.17) is 24.1 Å². The summed E-state index contributed by atoms with van der Waals surface area (Å²) in [5, 5.41) is 11.2. The normalized spacial score (nSPS) is 10.7. The standard InChI is InChI=1S/C13H27NO6/c1-2-14-13(16)3-5-17-7-9-19-11-12-20-10-8-18-6-4-15/h15H,2-12H2,1H3,(H,14,16). The van der Waals surface area contributed by atoms with Crippen molar-refractivity contribution < 1.29 is 28.8 Å². The molecule has 2 N–H and O–H groups in total. The lowest BCUT2D eigenvalue weighted by Gasteiger charge is -2.07. The largest absolute Gasteiger partial charge is 0.394 e. The summed E-state index contributed by atoms with van der Waals surface area (Å²) in [4.78, 5) is 11.1. The van der Waals surface area contributed by atoms with Gasteiger partial charge in [-0.15, -0.1) is 0 Å². The SMILES string of the molecule is CCNC(=O)CCOCCOCCOCCOCCO. The van der Waals surface area contributed by atoms with Crippen molar-refractivity contribution in [2.75, 3.05) is 66.0 Å². The van der Waals surface area contributed by atoms with Crippen LogP contribution in [0.4, 0.5) is 0 Å². The fraction of sp³-hybridized carbons (Fsp3) is 0.923. The fourth-order valence-corrected chi connectivity index (χ4v) is 1.28. The highest BCUT2D eigenvalue weighted by atomic mass is 16.6. The lowest BCUT2D eigenvalue weighted by molar-refractivity contribution is -0.122. The number of hydrogen-bond acceptors (Lipinski definition) is 6. The molecule has 20 heavy (non-hydrogen) atoms. The maximum atomic E-state index is 11.1. The Morgan fingerprint density at radius 3 is 1.75 bits per heavy atom. The monoisotopic (exact) mass is 293 g/mol. The highest BCUT2D eigenvalue weighted by molar-refractivity contribution is 5.75. The molecule has 0 saturated heterocycles. The second kappa shape index (κ2) is 16.3. The first kappa shape index (κ1) is 19.3. The molecule has 7 nitrogen and oxygen atoms in total. The van der Waals surface area contributed by atoms with Crippen molar-refractivity contribution in [2.45, 2.75) is 13.3 Å². The highest BCUT2D eigenvalue weighted by Gasteiger charge is 1.98. The second-order valence-corrected chi connectivity index (χ2v) is 3.88. The van der Waals surface area contributed by atoms with E-state index >= 15 is 0 Å². The van der Waals surface area contributed by atoms with Gasteiger partial charge in [-0.25, -0.2) is 0 Å². The zero-order valence-electron chi connectivity index (χ0n) is 12.3. The minimum absolute atomic E-state index is 0.00485. The number of hydrogen-bond donors (Lipinski definition) is 2. The van der Waals surface area contributed by atoms with Crippen molar-refractivity contribution in [3.8, 4) is 0 Å². The molecular weight excluding hydrogens is 266 g/mol. The summed E-state index contributed by atoms with van der Waals surface area (Å²) in [5.74, 6) is 0.00485. The molecule has 0 bridgehead atoms. The molecule has 0 radical (unpaired) electrons. The minimum Gasteiger partial charge on any atom is -0.394 e. The van der Waals surface area contributed by atoms with Crippen LogP contribution in [0.5, 0.6) is 0 Å². The summed E-state index contributed by atoms with van der Waals surface area (Å²) in [7, 11) is 0. The topological polar surface area (TPSA) is 86.3 Å². The van der Waals surface area contributed by atoms with Crippen LogP contribution < -0.4 is 5.32 Å². The Balaban J connectivity index is 3.01. The third-order valence-corrected chi connectivity index (χ3v) is 2.20. The van der Waals surface area contributed by atoms with Crippen molar-refractivity contribution in [3.05, 3.63) is 0 Å². The number of carbonyl (C=O) groups excluding carboxylic acids is 1. The van der Waals surface area contributed by atoms with E-state index in [1.54, 1.807) is 0 Å². The Bertz CT molecular complexity index is 215. The molecule has 0 rings (SSSR count). The molecule has 0 aromatic carbocycles. The molecule has 0 aromatic heterocycles. The molecule has 0 heterocycles. The summed E-state index contributed by atoms with van der Waals surface area (Å²) in [6.07, 6.45) is 0.380. The van der Waals surface area contributed by atoms with Gasteiger partial charge in [0.25, 0.3) is 0 Å². The number of amides is 1. The smallest absolute Gasteiger partial charge is 0.222 e. The molecule has 0 unspecified atom stereocenters. The number of rotatable bonds is 15. The number of carbonyl (C=O) groups is 1. The zero-order chi connectivity index (χ0) is 14.9. The minimum atomic E-state index is 0.00485. The lowest BCUT2D eigenvalue weighted by Crippen LogP contribution is -2.24. The van der Waals surface area contributed by atoms with Gasteiger partial charge in [-0.3, -0.25) is 4.79 Å². The van der Waals surface area contributed by atoms with Gasteiger partial charge in [-0.05, 0) is 6.92 Å². The molecular formula is C13H27NO6. The molecule has 120 valence electrons. The highest BCUT2D eigenvalue weighted by Crippen LogP contribution is 1.85. The van der Waals surface area contributed by atoms with Crippen LogP contribution in [-0.2, 0) is 23.7 Å². The van der Waals surface area contributed by atoms with Gasteiger partial charge in [0.05, 0.1) is 59.5 Å². The van der Waals surface area contributed by atoms with Crippen molar-refractivity contribution in [2.24, 2.45) is 0 Å². The number of aliphatic hydroxyl groups is 1. The van der Waals surface area contributed by atoms with Gasteiger partial charge in [0.2, 0.25) is 5.91 Å². The van der Waals surface area contributed by atoms with Crippen molar-refractivity contribution >= 4 is 5.91 Å². The average Bonchev–Trinajstić information content (AvgIpc) is 2.44. The van der Waals surface area contributed by atoms with E-state index in [9.17, 15) is 4.79 Å². The van der Waals surface area contributed by atoms with Crippen molar-refractivity contribution in [1.29, 1.82) is 0 Å². The number of ether oxygens (including phenoxy) is 4. The molecule has 0 aliphatic rings. The van der Waals surface area contributed by atoms with E-state index in [2.05, 4.69) is 5.32 Å². The fourth-order valence-electron chi connectivity index (χ4n) is 1.28. The van der Waals surface area contributed by atoms with Crippen LogP contribution in [0.15, 0.2) is 0 Å². The summed E-state index contributed by atoms with van der Waals surface area (Å²) in [6.45, 7) is 6.24. The van der Waals surface area contributed by atoms with E-state index in [1.807, 2.05) is 6.92 Å². The average molecular weight is 293 g/mol. The zero-order valence-corrected chi connectivity index (χ0v) is 12.3. The van der Waals surface area contributed by atoms with E-state index in [-0.39, 0.29) is 12.5 Å². The predicted octanol–water partition coefficient (Wildman–Crippen LogP) is -0.429. The van der Waals surface area contributed by atoms with Crippen LogP contribution in [-0.4, -0.2) is 77.0 Å². The van der Waals surface area contributed by atoms with Crippen LogP contribution >= 0.6 is 0 Å². The number of aliphatic hydroxyl groups excluding tert-OH is 1. The van der Waals surface area contributed by atoms with E-state index < -0.39 is 0 Å². The van der Waals surface area contributed by atoms with Gasteiger partial charge in [-0.1, -0.05) is 0 Å². The Hall–Kier alpha value is -0.730. The van der Waals surface area contributed by atoms with Gasteiger partial charge in [0.15, 0.2) is 0 Å². The summed E-state index contributed by atoms with van der Waals surface area (Å²) in [6, 6.07) is 0. The Morgan fingerprint density at radius 1 is 0.850 bits per heavy atom. The maximum absolute atomic E-state index is 11.1. The molecule has 0 aliphatic heterocycles. The summed E-state index contributed by atoms with van der Waals surface area (Å²) < 4.78 is 20.8. The first-order valence-corrected chi connectivity index (χ1v) is 6.99. The lowest BCUT2D eigenvalue weighted by atomic mass is 10.4. The van der Waals surface area contributed by atoms with Crippen LogP contribution in [0.1, 0.15) is 13.3 Å². The summed E-state index contributed by atoms with van der Waals surface area (Å²) >= 11 is 0. The third-order valence-electron chi connectivity index (χ3n) is 2.20. The van der Waals surface area contributed by atoms with Crippen molar-refractivity contribution in [3.63, 3.8) is 0 Å². The molecule has 1 amide bonds. The third kappa shape index (κ3) is 15.3. The molecule has 0 aromatic rings.